The van der Waals surface area contributed by atoms with E-state index in [4.69, 9.17) is 4.98 Å². The minimum absolute atomic E-state index is 0.0233. The molecule has 0 amide bonds. The molecule has 3 aromatic rings. The van der Waals surface area contributed by atoms with Crippen molar-refractivity contribution >= 4 is 11.0 Å². The van der Waals surface area contributed by atoms with Gasteiger partial charge in [-0.05, 0) is 25.0 Å². The number of aryl methyl sites for hydroxylation is 2. The molecule has 0 spiro atoms. The van der Waals surface area contributed by atoms with Gasteiger partial charge < -0.3 is 9.55 Å². The van der Waals surface area contributed by atoms with E-state index in [1.54, 1.807) is 0 Å². The summed E-state index contributed by atoms with van der Waals surface area (Å²) in [4.78, 5) is 27.3. The smallest absolute Gasteiger partial charge is 0.255 e. The molecule has 6 nitrogen and oxygen atoms in total. The number of benzene rings is 1. The van der Waals surface area contributed by atoms with Crippen molar-refractivity contribution in [1.82, 2.24) is 24.4 Å². The molecule has 1 aromatic carbocycles. The number of aromatic amines is 1. The van der Waals surface area contributed by atoms with Gasteiger partial charge in [-0.25, -0.2) is 9.97 Å². The summed E-state index contributed by atoms with van der Waals surface area (Å²) in [5.74, 6) is 1.90. The van der Waals surface area contributed by atoms with E-state index in [0.717, 1.165) is 73.7 Å². The Morgan fingerprint density at radius 2 is 2.00 bits per heavy atom. The van der Waals surface area contributed by atoms with E-state index in [9.17, 15) is 4.79 Å². The molecule has 142 valence electrons. The van der Waals surface area contributed by atoms with Crippen LogP contribution in [0, 0.1) is 0 Å². The minimum atomic E-state index is 0.0233. The number of imidazole rings is 1. The van der Waals surface area contributed by atoms with Crippen LogP contribution >= 0.6 is 0 Å². The maximum Gasteiger partial charge on any atom is 0.255 e. The molecule has 0 radical (unpaired) electrons. The topological polar surface area (TPSA) is 66.8 Å². The van der Waals surface area contributed by atoms with Gasteiger partial charge in [-0.15, -0.1) is 0 Å². The molecule has 1 aliphatic heterocycles. The molecule has 1 aliphatic rings. The van der Waals surface area contributed by atoms with Crippen LogP contribution in [0.1, 0.15) is 49.6 Å². The van der Waals surface area contributed by atoms with Crippen molar-refractivity contribution in [3.63, 3.8) is 0 Å². The monoisotopic (exact) mass is 365 g/mol. The molecular formula is C21H27N5O. The van der Waals surface area contributed by atoms with E-state index in [0.29, 0.717) is 6.54 Å². The van der Waals surface area contributed by atoms with Gasteiger partial charge in [0.05, 0.1) is 28.8 Å². The second kappa shape index (κ2) is 7.64. The van der Waals surface area contributed by atoms with Gasteiger partial charge in [0.15, 0.2) is 0 Å². The third kappa shape index (κ3) is 3.54. The van der Waals surface area contributed by atoms with Crippen molar-refractivity contribution in [3.8, 4) is 0 Å². The minimum Gasteiger partial charge on any atom is -0.327 e. The lowest BCUT2D eigenvalue weighted by molar-refractivity contribution is 0.232. The summed E-state index contributed by atoms with van der Waals surface area (Å²) in [7, 11) is 0. The number of hydrogen-bond donors (Lipinski definition) is 1. The lowest BCUT2D eigenvalue weighted by Gasteiger charge is -2.27. The van der Waals surface area contributed by atoms with Crippen LogP contribution in [-0.4, -0.2) is 31.0 Å². The highest BCUT2D eigenvalue weighted by molar-refractivity contribution is 5.75. The van der Waals surface area contributed by atoms with Crippen molar-refractivity contribution in [2.45, 2.75) is 59.2 Å². The van der Waals surface area contributed by atoms with Crippen molar-refractivity contribution in [2.75, 3.05) is 6.54 Å². The molecule has 0 saturated heterocycles. The predicted octanol–water partition coefficient (Wildman–Crippen LogP) is 3.04. The molecule has 0 saturated carbocycles. The number of hydrogen-bond acceptors (Lipinski definition) is 4. The fourth-order valence-corrected chi connectivity index (χ4v) is 3.94. The normalized spacial score (nSPS) is 14.6. The van der Waals surface area contributed by atoms with Crippen LogP contribution < -0.4 is 5.56 Å². The summed E-state index contributed by atoms with van der Waals surface area (Å²) < 4.78 is 2.32. The van der Waals surface area contributed by atoms with Gasteiger partial charge in [0.1, 0.15) is 11.6 Å². The summed E-state index contributed by atoms with van der Waals surface area (Å²) in [6, 6.07) is 8.30. The first-order chi connectivity index (χ1) is 13.2. The zero-order valence-electron chi connectivity index (χ0n) is 16.2. The number of rotatable bonds is 6. The molecule has 2 aromatic heterocycles. The van der Waals surface area contributed by atoms with E-state index < -0.39 is 0 Å². The van der Waals surface area contributed by atoms with Gasteiger partial charge in [-0.1, -0.05) is 26.0 Å². The van der Waals surface area contributed by atoms with E-state index in [1.807, 2.05) is 6.07 Å². The average molecular weight is 365 g/mol. The maximum absolute atomic E-state index is 12.5. The zero-order chi connectivity index (χ0) is 18.8. The van der Waals surface area contributed by atoms with Crippen LogP contribution in [0.2, 0.25) is 0 Å². The lowest BCUT2D eigenvalue weighted by atomic mass is 10.1. The van der Waals surface area contributed by atoms with Gasteiger partial charge in [0.2, 0.25) is 0 Å². The molecule has 6 heteroatoms. The fourth-order valence-electron chi connectivity index (χ4n) is 3.94. The van der Waals surface area contributed by atoms with Crippen LogP contribution in [-0.2, 0) is 32.5 Å². The Hall–Kier alpha value is -2.47. The zero-order valence-corrected chi connectivity index (χ0v) is 16.2. The highest BCUT2D eigenvalue weighted by atomic mass is 16.1. The standard InChI is InChI=1S/C21H27N5O/c1-3-7-19-22-16-10-12-25(13-15(16)21(27)24-19)14-20-23-17-8-5-6-9-18(17)26(20)11-4-2/h5-6,8-9H,3-4,7,10-14H2,1-2H3,(H,22,24,27). The Morgan fingerprint density at radius 1 is 1.15 bits per heavy atom. The first-order valence-corrected chi connectivity index (χ1v) is 9.97. The molecule has 0 aliphatic carbocycles. The summed E-state index contributed by atoms with van der Waals surface area (Å²) in [6.45, 7) is 7.55. The largest absolute Gasteiger partial charge is 0.327 e. The third-order valence-electron chi connectivity index (χ3n) is 5.23. The van der Waals surface area contributed by atoms with Crippen LogP contribution in [0.4, 0.5) is 0 Å². The average Bonchev–Trinajstić information content (AvgIpc) is 3.00. The van der Waals surface area contributed by atoms with Crippen molar-refractivity contribution in [3.05, 3.63) is 57.5 Å². The van der Waals surface area contributed by atoms with Crippen LogP contribution in [0.5, 0.6) is 0 Å². The molecule has 27 heavy (non-hydrogen) atoms. The summed E-state index contributed by atoms with van der Waals surface area (Å²) >= 11 is 0. The number of nitrogens with zero attached hydrogens (tertiary/aromatic N) is 4. The highest BCUT2D eigenvalue weighted by Gasteiger charge is 2.23. The molecule has 3 heterocycles. The molecule has 0 bridgehead atoms. The quantitative estimate of drug-likeness (QED) is 0.729. The molecule has 1 N–H and O–H groups in total. The van der Waals surface area contributed by atoms with Gasteiger partial charge in [0.25, 0.3) is 5.56 Å². The number of nitrogens with one attached hydrogen (secondary N) is 1. The molecule has 4 rings (SSSR count). The van der Waals surface area contributed by atoms with Gasteiger partial charge in [-0.3, -0.25) is 9.69 Å². The summed E-state index contributed by atoms with van der Waals surface area (Å²) in [5, 5.41) is 0. The van der Waals surface area contributed by atoms with Crippen LogP contribution in [0.25, 0.3) is 11.0 Å². The lowest BCUT2D eigenvalue weighted by Crippen LogP contribution is -2.36. The van der Waals surface area contributed by atoms with E-state index >= 15 is 0 Å². The SMILES string of the molecule is CCCc1nc2c(c(=O)[nH]1)CN(Cc1nc3ccccc3n1CCC)CC2. The van der Waals surface area contributed by atoms with Gasteiger partial charge in [0, 0.05) is 32.5 Å². The fraction of sp³-hybridized carbons (Fsp3) is 0.476. The van der Waals surface area contributed by atoms with Crippen molar-refractivity contribution < 1.29 is 0 Å². The molecule has 0 atom stereocenters. The van der Waals surface area contributed by atoms with Gasteiger partial charge >= 0.3 is 0 Å². The number of fused-ring (bicyclic) bond motifs is 2. The van der Waals surface area contributed by atoms with Crippen molar-refractivity contribution in [2.24, 2.45) is 0 Å². The van der Waals surface area contributed by atoms with E-state index in [2.05, 4.69) is 51.5 Å². The maximum atomic E-state index is 12.5. The van der Waals surface area contributed by atoms with E-state index in [1.165, 1.54) is 5.52 Å². The Morgan fingerprint density at radius 3 is 2.81 bits per heavy atom. The third-order valence-corrected chi connectivity index (χ3v) is 5.23. The second-order valence-corrected chi connectivity index (χ2v) is 7.32. The second-order valence-electron chi connectivity index (χ2n) is 7.32. The highest BCUT2D eigenvalue weighted by Crippen LogP contribution is 2.21. The Bertz CT molecular complexity index is 1000. The van der Waals surface area contributed by atoms with Crippen LogP contribution in [0.3, 0.4) is 0 Å². The Balaban J connectivity index is 1.59. The Labute approximate surface area is 159 Å². The number of para-hydroxylation sites is 2. The van der Waals surface area contributed by atoms with Crippen LogP contribution in [0.15, 0.2) is 29.1 Å². The molecule has 0 unspecified atom stereocenters. The summed E-state index contributed by atoms with van der Waals surface area (Å²) in [6.07, 6.45) is 3.71. The molecule has 0 fully saturated rings. The van der Waals surface area contributed by atoms with Crippen molar-refractivity contribution in [1.29, 1.82) is 0 Å². The molecular weight excluding hydrogens is 338 g/mol. The number of H-pyrrole nitrogens is 1. The first-order valence-electron chi connectivity index (χ1n) is 9.97. The Kier molecular flexibility index (Phi) is 5.07. The van der Waals surface area contributed by atoms with E-state index in [-0.39, 0.29) is 5.56 Å². The summed E-state index contributed by atoms with van der Waals surface area (Å²) in [5.41, 5.74) is 4.05. The number of aromatic nitrogens is 4. The first kappa shape index (κ1) is 17.9. The predicted molar refractivity (Wildman–Crippen MR) is 107 cm³/mol. The van der Waals surface area contributed by atoms with Gasteiger partial charge in [-0.2, -0.15) is 0 Å².